The third kappa shape index (κ3) is 4.86. The van der Waals surface area contributed by atoms with Crippen molar-refractivity contribution in [2.45, 2.75) is 51.2 Å². The van der Waals surface area contributed by atoms with Gasteiger partial charge in [-0.25, -0.2) is 4.79 Å². The molecule has 1 aliphatic carbocycles. The molecule has 0 bridgehead atoms. The van der Waals surface area contributed by atoms with Crippen LogP contribution in [0.5, 0.6) is 0 Å². The topological polar surface area (TPSA) is 55.8 Å². The van der Waals surface area contributed by atoms with Crippen LogP contribution in [0.1, 0.15) is 39.0 Å². The highest BCUT2D eigenvalue weighted by molar-refractivity contribution is 5.93. The SMILES string of the molecule is CC(O)CN(C(=O)Nc1ccccc1N(C)C)C1CCCCC1. The van der Waals surface area contributed by atoms with Crippen LogP contribution in [0.2, 0.25) is 0 Å². The molecular formula is C18H29N3O2. The summed E-state index contributed by atoms with van der Waals surface area (Å²) in [5, 5.41) is 12.8. The first-order valence-electron chi connectivity index (χ1n) is 8.51. The van der Waals surface area contributed by atoms with Gasteiger partial charge in [0, 0.05) is 26.7 Å². The van der Waals surface area contributed by atoms with Crippen molar-refractivity contribution in [3.8, 4) is 0 Å². The Kier molecular flexibility index (Phi) is 6.28. The monoisotopic (exact) mass is 319 g/mol. The molecule has 2 amide bonds. The fraction of sp³-hybridized carbons (Fsp3) is 0.611. The molecule has 0 aromatic heterocycles. The molecule has 1 aromatic rings. The number of hydrogen-bond acceptors (Lipinski definition) is 3. The third-order valence-corrected chi connectivity index (χ3v) is 4.36. The molecule has 23 heavy (non-hydrogen) atoms. The van der Waals surface area contributed by atoms with Crippen molar-refractivity contribution in [2.24, 2.45) is 0 Å². The molecule has 0 heterocycles. The Morgan fingerprint density at radius 2 is 1.91 bits per heavy atom. The van der Waals surface area contributed by atoms with Crippen molar-refractivity contribution in [3.63, 3.8) is 0 Å². The van der Waals surface area contributed by atoms with Crippen LogP contribution < -0.4 is 10.2 Å². The summed E-state index contributed by atoms with van der Waals surface area (Å²) in [5.41, 5.74) is 1.77. The Morgan fingerprint density at radius 1 is 1.26 bits per heavy atom. The zero-order valence-electron chi connectivity index (χ0n) is 14.5. The number of urea groups is 1. The first kappa shape index (κ1) is 17.6. The number of carbonyl (C=O) groups is 1. The van der Waals surface area contributed by atoms with Crippen molar-refractivity contribution >= 4 is 17.4 Å². The predicted octanol–water partition coefficient (Wildman–Crippen LogP) is 3.30. The van der Waals surface area contributed by atoms with Gasteiger partial charge in [0.25, 0.3) is 0 Å². The molecule has 1 unspecified atom stereocenters. The highest BCUT2D eigenvalue weighted by Gasteiger charge is 2.26. The van der Waals surface area contributed by atoms with E-state index in [0.717, 1.165) is 37.1 Å². The van der Waals surface area contributed by atoms with E-state index in [1.54, 1.807) is 6.92 Å². The maximum atomic E-state index is 12.8. The van der Waals surface area contributed by atoms with E-state index in [-0.39, 0.29) is 12.1 Å². The summed E-state index contributed by atoms with van der Waals surface area (Å²) in [4.78, 5) is 16.6. The highest BCUT2D eigenvalue weighted by atomic mass is 16.3. The number of hydrogen-bond donors (Lipinski definition) is 2. The second kappa shape index (κ2) is 8.20. The summed E-state index contributed by atoms with van der Waals surface area (Å²) in [6.45, 7) is 2.11. The number of rotatable bonds is 5. The van der Waals surface area contributed by atoms with E-state index in [9.17, 15) is 9.90 Å². The summed E-state index contributed by atoms with van der Waals surface area (Å²) in [6.07, 6.45) is 5.08. The van der Waals surface area contributed by atoms with Gasteiger partial charge in [0.2, 0.25) is 0 Å². The van der Waals surface area contributed by atoms with E-state index in [0.29, 0.717) is 6.54 Å². The van der Waals surface area contributed by atoms with Gasteiger partial charge < -0.3 is 20.2 Å². The van der Waals surface area contributed by atoms with E-state index < -0.39 is 6.10 Å². The normalized spacial score (nSPS) is 16.7. The molecule has 0 aliphatic heterocycles. The molecule has 5 nitrogen and oxygen atoms in total. The molecule has 2 N–H and O–H groups in total. The van der Waals surface area contributed by atoms with Crippen molar-refractivity contribution in [3.05, 3.63) is 24.3 Å². The van der Waals surface area contributed by atoms with Crippen molar-refractivity contribution < 1.29 is 9.90 Å². The molecule has 1 fully saturated rings. The Hall–Kier alpha value is -1.75. The lowest BCUT2D eigenvalue weighted by Crippen LogP contribution is -2.47. The van der Waals surface area contributed by atoms with Crippen molar-refractivity contribution in [1.29, 1.82) is 0 Å². The molecule has 2 rings (SSSR count). The van der Waals surface area contributed by atoms with E-state index in [1.165, 1.54) is 6.42 Å². The molecule has 1 atom stereocenters. The first-order chi connectivity index (χ1) is 11.0. The van der Waals surface area contributed by atoms with Gasteiger partial charge in [-0.2, -0.15) is 0 Å². The fourth-order valence-corrected chi connectivity index (χ4v) is 3.23. The molecule has 0 radical (unpaired) electrons. The Labute approximate surface area is 139 Å². The zero-order valence-corrected chi connectivity index (χ0v) is 14.5. The van der Waals surface area contributed by atoms with Crippen LogP contribution in [0.25, 0.3) is 0 Å². The Balaban J connectivity index is 2.14. The minimum atomic E-state index is -0.522. The average molecular weight is 319 g/mol. The quantitative estimate of drug-likeness (QED) is 0.875. The molecule has 5 heteroatoms. The van der Waals surface area contributed by atoms with Crippen LogP contribution in [-0.4, -0.2) is 48.8 Å². The Bertz CT molecular complexity index is 511. The molecule has 0 spiro atoms. The molecule has 0 saturated heterocycles. The first-order valence-corrected chi connectivity index (χ1v) is 8.51. The number of para-hydroxylation sites is 2. The van der Waals surface area contributed by atoms with E-state index in [4.69, 9.17) is 0 Å². The predicted molar refractivity (Wildman–Crippen MR) is 95.0 cm³/mol. The lowest BCUT2D eigenvalue weighted by atomic mass is 9.94. The minimum Gasteiger partial charge on any atom is -0.392 e. The molecule has 1 aliphatic rings. The van der Waals surface area contributed by atoms with E-state index in [2.05, 4.69) is 5.32 Å². The van der Waals surface area contributed by atoms with Crippen LogP contribution in [0.4, 0.5) is 16.2 Å². The van der Waals surface area contributed by atoms with Gasteiger partial charge in [0.1, 0.15) is 0 Å². The van der Waals surface area contributed by atoms with Crippen LogP contribution in [0, 0.1) is 0 Å². The number of benzene rings is 1. The lowest BCUT2D eigenvalue weighted by molar-refractivity contribution is 0.105. The summed E-state index contributed by atoms with van der Waals surface area (Å²) in [7, 11) is 3.92. The van der Waals surface area contributed by atoms with Crippen molar-refractivity contribution in [2.75, 3.05) is 30.9 Å². The summed E-state index contributed by atoms with van der Waals surface area (Å²) < 4.78 is 0. The number of aliphatic hydroxyl groups is 1. The maximum Gasteiger partial charge on any atom is 0.322 e. The standard InChI is InChI=1S/C18H29N3O2/c1-14(22)13-21(15-9-5-4-6-10-15)18(23)19-16-11-7-8-12-17(16)20(2)3/h7-8,11-12,14-15,22H,4-6,9-10,13H2,1-3H3,(H,19,23). The largest absolute Gasteiger partial charge is 0.392 e. The summed E-state index contributed by atoms with van der Waals surface area (Å²) in [5.74, 6) is 0. The third-order valence-electron chi connectivity index (χ3n) is 4.36. The van der Waals surface area contributed by atoms with Gasteiger partial charge in [0.15, 0.2) is 0 Å². The zero-order chi connectivity index (χ0) is 16.8. The molecule has 1 saturated carbocycles. The molecule has 1 aromatic carbocycles. The number of nitrogens with zero attached hydrogens (tertiary/aromatic N) is 2. The van der Waals surface area contributed by atoms with Gasteiger partial charge >= 0.3 is 6.03 Å². The van der Waals surface area contributed by atoms with E-state index in [1.807, 2.05) is 48.2 Å². The maximum absolute atomic E-state index is 12.8. The van der Waals surface area contributed by atoms with Gasteiger partial charge in [-0.15, -0.1) is 0 Å². The van der Waals surface area contributed by atoms with Crippen LogP contribution in [0.3, 0.4) is 0 Å². The van der Waals surface area contributed by atoms with Crippen LogP contribution in [-0.2, 0) is 0 Å². The second-order valence-corrected chi connectivity index (χ2v) is 6.63. The smallest absolute Gasteiger partial charge is 0.322 e. The van der Waals surface area contributed by atoms with Gasteiger partial charge in [0.05, 0.1) is 17.5 Å². The van der Waals surface area contributed by atoms with Gasteiger partial charge in [-0.3, -0.25) is 0 Å². The van der Waals surface area contributed by atoms with E-state index >= 15 is 0 Å². The minimum absolute atomic E-state index is 0.118. The second-order valence-electron chi connectivity index (χ2n) is 6.63. The summed E-state index contributed by atoms with van der Waals surface area (Å²) in [6, 6.07) is 7.88. The number of anilines is 2. The van der Waals surface area contributed by atoms with Crippen LogP contribution in [0.15, 0.2) is 24.3 Å². The summed E-state index contributed by atoms with van der Waals surface area (Å²) >= 11 is 0. The van der Waals surface area contributed by atoms with Gasteiger partial charge in [-0.05, 0) is 31.9 Å². The van der Waals surface area contributed by atoms with Gasteiger partial charge in [-0.1, -0.05) is 31.4 Å². The number of carbonyl (C=O) groups excluding carboxylic acids is 1. The fourth-order valence-electron chi connectivity index (χ4n) is 3.23. The van der Waals surface area contributed by atoms with Crippen LogP contribution >= 0.6 is 0 Å². The number of nitrogens with one attached hydrogen (secondary N) is 1. The number of aliphatic hydroxyl groups excluding tert-OH is 1. The molecule has 128 valence electrons. The highest BCUT2D eigenvalue weighted by Crippen LogP contribution is 2.26. The molecular weight excluding hydrogens is 290 g/mol. The van der Waals surface area contributed by atoms with Crippen molar-refractivity contribution in [1.82, 2.24) is 4.90 Å². The Morgan fingerprint density at radius 3 is 2.52 bits per heavy atom. The lowest BCUT2D eigenvalue weighted by Gasteiger charge is -2.35. The number of amides is 2. The average Bonchev–Trinajstić information content (AvgIpc) is 2.53.